The highest BCUT2D eigenvalue weighted by molar-refractivity contribution is 7.17. The van der Waals surface area contributed by atoms with Crippen LogP contribution in [0.5, 0.6) is 5.75 Å². The Morgan fingerprint density at radius 2 is 1.96 bits per heavy atom. The van der Waals surface area contributed by atoms with E-state index in [0.717, 1.165) is 41.1 Å². The van der Waals surface area contributed by atoms with Gasteiger partial charge in [0.2, 0.25) is 16.2 Å². The third-order valence-corrected chi connectivity index (χ3v) is 5.72. The van der Waals surface area contributed by atoms with Gasteiger partial charge >= 0.3 is 0 Å². The van der Waals surface area contributed by atoms with Crippen molar-refractivity contribution in [2.75, 3.05) is 29.9 Å². The van der Waals surface area contributed by atoms with Gasteiger partial charge in [0.25, 0.3) is 0 Å². The van der Waals surface area contributed by atoms with Crippen molar-refractivity contribution in [3.05, 3.63) is 48.8 Å². The van der Waals surface area contributed by atoms with Crippen LogP contribution in [0.15, 0.2) is 48.8 Å². The van der Waals surface area contributed by atoms with Crippen LogP contribution in [0.4, 0.5) is 10.8 Å². The molecule has 2 aromatic heterocycles. The maximum Gasteiger partial charge on any atom is 0.229 e. The highest BCUT2D eigenvalue weighted by Crippen LogP contribution is 2.28. The monoisotopic (exact) mass is 397 g/mol. The number of rotatable bonds is 6. The molecule has 0 aliphatic carbocycles. The lowest BCUT2D eigenvalue weighted by Gasteiger charge is -2.31. The minimum Gasteiger partial charge on any atom is -0.494 e. The van der Waals surface area contributed by atoms with Crippen molar-refractivity contribution in [3.63, 3.8) is 0 Å². The molecule has 1 N–H and O–H groups in total. The van der Waals surface area contributed by atoms with Crippen molar-refractivity contribution < 1.29 is 9.53 Å². The summed E-state index contributed by atoms with van der Waals surface area (Å²) in [6.07, 6.45) is 5.74. The van der Waals surface area contributed by atoms with Crippen LogP contribution in [-0.2, 0) is 4.79 Å². The summed E-state index contributed by atoms with van der Waals surface area (Å²) in [5.41, 5.74) is 0.788. The van der Waals surface area contributed by atoms with Crippen molar-refractivity contribution >= 4 is 28.1 Å². The molecule has 0 spiro atoms. The summed E-state index contributed by atoms with van der Waals surface area (Å²) < 4.78 is 7.39. The van der Waals surface area contributed by atoms with E-state index in [-0.39, 0.29) is 11.8 Å². The van der Waals surface area contributed by atoms with Gasteiger partial charge in [-0.1, -0.05) is 11.3 Å². The second-order valence-electron chi connectivity index (χ2n) is 6.69. The molecular weight excluding hydrogens is 374 g/mol. The van der Waals surface area contributed by atoms with Crippen molar-refractivity contribution in [2.45, 2.75) is 19.8 Å². The lowest BCUT2D eigenvalue weighted by molar-refractivity contribution is -0.120. The molecule has 0 bridgehead atoms. The number of nitrogens with one attached hydrogen (secondary N) is 1. The van der Waals surface area contributed by atoms with E-state index in [4.69, 9.17) is 4.74 Å². The van der Waals surface area contributed by atoms with Gasteiger partial charge in [-0.05, 0) is 56.2 Å². The SMILES string of the molecule is CCOc1ccc(NC(=O)[C@@H]2CCCN(c3nnc(-n4cccc4)s3)C2)cc1. The third kappa shape index (κ3) is 4.17. The van der Waals surface area contributed by atoms with Gasteiger partial charge in [-0.3, -0.25) is 9.36 Å². The number of benzene rings is 1. The molecule has 0 saturated carbocycles. The van der Waals surface area contributed by atoms with E-state index in [1.807, 2.05) is 60.3 Å². The van der Waals surface area contributed by atoms with Gasteiger partial charge < -0.3 is 15.0 Å². The Morgan fingerprint density at radius 1 is 1.21 bits per heavy atom. The van der Waals surface area contributed by atoms with Gasteiger partial charge in [-0.25, -0.2) is 0 Å². The lowest BCUT2D eigenvalue weighted by Crippen LogP contribution is -2.40. The molecule has 1 aromatic carbocycles. The molecule has 1 atom stereocenters. The fourth-order valence-corrected chi connectivity index (χ4v) is 4.16. The Labute approximate surface area is 168 Å². The van der Waals surface area contributed by atoms with Crippen LogP contribution in [0.2, 0.25) is 0 Å². The maximum absolute atomic E-state index is 12.7. The van der Waals surface area contributed by atoms with Crippen LogP contribution >= 0.6 is 11.3 Å². The summed E-state index contributed by atoms with van der Waals surface area (Å²) in [7, 11) is 0. The largest absolute Gasteiger partial charge is 0.494 e. The van der Waals surface area contributed by atoms with Crippen molar-refractivity contribution in [3.8, 4) is 10.9 Å². The molecule has 0 unspecified atom stereocenters. The molecule has 146 valence electrons. The number of nitrogens with zero attached hydrogens (tertiary/aromatic N) is 4. The fraction of sp³-hybridized carbons (Fsp3) is 0.350. The van der Waals surface area contributed by atoms with Crippen LogP contribution in [0, 0.1) is 5.92 Å². The highest BCUT2D eigenvalue weighted by atomic mass is 32.1. The number of ether oxygens (including phenoxy) is 1. The van der Waals surface area contributed by atoms with Crippen molar-refractivity contribution in [1.82, 2.24) is 14.8 Å². The van der Waals surface area contributed by atoms with Gasteiger partial charge in [0.1, 0.15) is 5.75 Å². The van der Waals surface area contributed by atoms with Crippen LogP contribution in [-0.4, -0.2) is 40.4 Å². The van der Waals surface area contributed by atoms with E-state index in [9.17, 15) is 4.79 Å². The number of carbonyl (C=O) groups is 1. The van der Waals surface area contributed by atoms with Gasteiger partial charge in [0.05, 0.1) is 12.5 Å². The first-order valence-electron chi connectivity index (χ1n) is 9.48. The first-order valence-corrected chi connectivity index (χ1v) is 10.3. The quantitative estimate of drug-likeness (QED) is 0.688. The average molecular weight is 398 g/mol. The van der Waals surface area contributed by atoms with E-state index in [1.165, 1.54) is 0 Å². The highest BCUT2D eigenvalue weighted by Gasteiger charge is 2.28. The Morgan fingerprint density at radius 3 is 2.71 bits per heavy atom. The zero-order valence-electron chi connectivity index (χ0n) is 15.7. The third-order valence-electron chi connectivity index (χ3n) is 4.72. The number of hydrogen-bond donors (Lipinski definition) is 1. The van der Waals surface area contributed by atoms with Crippen molar-refractivity contribution in [2.24, 2.45) is 5.92 Å². The number of anilines is 2. The zero-order chi connectivity index (χ0) is 19.3. The van der Waals surface area contributed by atoms with E-state index >= 15 is 0 Å². The predicted octanol–water partition coefficient (Wildman–Crippen LogP) is 3.58. The van der Waals surface area contributed by atoms with Gasteiger partial charge in [0.15, 0.2) is 0 Å². The van der Waals surface area contributed by atoms with Crippen LogP contribution in [0.3, 0.4) is 0 Å². The molecule has 1 aliphatic heterocycles. The minimum atomic E-state index is -0.0701. The minimum absolute atomic E-state index is 0.0454. The molecule has 1 aliphatic rings. The van der Waals surface area contributed by atoms with E-state index in [2.05, 4.69) is 20.4 Å². The number of hydrogen-bond acceptors (Lipinski definition) is 6. The van der Waals surface area contributed by atoms with Crippen molar-refractivity contribution in [1.29, 1.82) is 0 Å². The maximum atomic E-state index is 12.7. The number of piperidine rings is 1. The first-order chi connectivity index (χ1) is 13.7. The van der Waals surface area contributed by atoms with E-state index in [1.54, 1.807) is 11.3 Å². The molecular formula is C20H23N5O2S. The summed E-state index contributed by atoms with van der Waals surface area (Å²) in [5.74, 6) is 0.780. The molecule has 3 aromatic rings. The standard InChI is InChI=1S/C20H23N5O2S/c1-2-27-17-9-7-16(8-10-17)21-18(26)15-6-5-13-25(14-15)20-23-22-19(28-20)24-11-3-4-12-24/h3-4,7-12,15H,2,5-6,13-14H2,1H3,(H,21,26)/t15-/m1/s1. The van der Waals surface area contributed by atoms with Crippen LogP contribution in [0.25, 0.3) is 5.13 Å². The topological polar surface area (TPSA) is 72.3 Å². The van der Waals surface area contributed by atoms with Gasteiger partial charge in [-0.15, -0.1) is 10.2 Å². The number of carbonyl (C=O) groups excluding carboxylic acids is 1. The van der Waals surface area contributed by atoms with Gasteiger partial charge in [0, 0.05) is 31.2 Å². The second-order valence-corrected chi connectivity index (χ2v) is 7.62. The summed E-state index contributed by atoms with van der Waals surface area (Å²) >= 11 is 1.54. The number of amides is 1. The number of aromatic nitrogens is 3. The fourth-order valence-electron chi connectivity index (χ4n) is 3.31. The lowest BCUT2D eigenvalue weighted by atomic mass is 9.97. The first kappa shape index (κ1) is 18.5. The smallest absolute Gasteiger partial charge is 0.229 e. The summed E-state index contributed by atoms with van der Waals surface area (Å²) in [6.45, 7) is 4.13. The van der Waals surface area contributed by atoms with E-state index < -0.39 is 0 Å². The molecule has 1 amide bonds. The summed E-state index contributed by atoms with van der Waals surface area (Å²) in [4.78, 5) is 14.9. The predicted molar refractivity (Wildman–Crippen MR) is 110 cm³/mol. The second kappa shape index (κ2) is 8.43. The Kier molecular flexibility index (Phi) is 5.57. The zero-order valence-corrected chi connectivity index (χ0v) is 16.6. The molecule has 1 fully saturated rings. The average Bonchev–Trinajstić information content (AvgIpc) is 3.42. The normalized spacial score (nSPS) is 16.8. The molecule has 3 heterocycles. The van der Waals surface area contributed by atoms with Gasteiger partial charge in [-0.2, -0.15) is 0 Å². The molecule has 7 nitrogen and oxygen atoms in total. The molecule has 28 heavy (non-hydrogen) atoms. The molecule has 0 radical (unpaired) electrons. The summed E-state index contributed by atoms with van der Waals surface area (Å²) in [6, 6.07) is 11.4. The summed E-state index contributed by atoms with van der Waals surface area (Å²) in [5, 5.41) is 13.3. The Balaban J connectivity index is 1.38. The van der Waals surface area contributed by atoms with Crippen LogP contribution in [0.1, 0.15) is 19.8 Å². The Hall–Kier alpha value is -2.87. The molecule has 1 saturated heterocycles. The molecule has 4 rings (SSSR count). The Bertz CT molecular complexity index is 907. The van der Waals surface area contributed by atoms with E-state index in [0.29, 0.717) is 13.2 Å². The van der Waals surface area contributed by atoms with Crippen LogP contribution < -0.4 is 15.0 Å². The molecule has 8 heteroatoms.